The molecule has 0 atom stereocenters. The minimum Gasteiger partial charge on any atom is -0.311 e. The first-order valence-corrected chi connectivity index (χ1v) is 20.8. The molecule has 9 aromatic rings. The van der Waals surface area contributed by atoms with Crippen molar-refractivity contribution in [2.24, 2.45) is 0 Å². The van der Waals surface area contributed by atoms with Gasteiger partial charge in [0, 0.05) is 53.7 Å². The lowest BCUT2D eigenvalue weighted by molar-refractivity contribution is 0.590. The fraction of sp³-hybridized carbons (Fsp3) is 0.218. The zero-order valence-corrected chi connectivity index (χ0v) is 35.6. The van der Waals surface area contributed by atoms with Crippen LogP contribution in [0.25, 0.3) is 47.7 Å². The van der Waals surface area contributed by atoms with E-state index in [0.717, 1.165) is 16.2 Å². The van der Waals surface area contributed by atoms with Crippen LogP contribution in [0.4, 0.5) is 34.1 Å². The molecule has 12 rings (SSSR count). The average molecular weight is 827 g/mol. The number of hydrogen-bond acceptors (Lipinski definition) is 4. The second-order valence-electron chi connectivity index (χ2n) is 18.9. The number of nitrogens with zero attached hydrogens (tertiary/aromatic N) is 4. The van der Waals surface area contributed by atoms with Crippen molar-refractivity contribution in [1.82, 2.24) is 4.57 Å². The first kappa shape index (κ1) is 21.5. The maximum atomic E-state index is 11.3. The van der Waals surface area contributed by atoms with Crippen molar-refractivity contribution >= 4 is 111 Å². The van der Waals surface area contributed by atoms with Crippen LogP contribution in [0.5, 0.6) is 0 Å². The predicted molar refractivity (Wildman–Crippen MR) is 262 cm³/mol. The molecule has 0 amide bonds. The van der Waals surface area contributed by atoms with Crippen LogP contribution in [0.2, 0.25) is 0 Å². The zero-order chi connectivity index (χ0) is 59.5. The van der Waals surface area contributed by atoms with Gasteiger partial charge in [0.1, 0.15) is 0 Å². The monoisotopic (exact) mass is 826 g/mol. The Kier molecular flexibility index (Phi) is 4.21. The molecule has 0 aliphatic carbocycles. The van der Waals surface area contributed by atoms with Gasteiger partial charge in [-0.05, 0) is 122 Å². The number of para-hydroxylation sites is 1. The van der Waals surface area contributed by atoms with E-state index in [-0.39, 0.29) is 122 Å². The SMILES string of the molecule is [2H]c1c([2H])c2c3c(c1[2H])-n1c4c([2H])c([2H])c(C(C)(C)C)c([2H])c4c4c([2H])c(C(C)(C)C)c([2H])c(c41)N3c1c([2H])c(C#N)c([2H])c3c1B2c1c([2H])c(C(C)(C)C)c([2H])c([2H])c1N3c1c([2H])c([2H])c2sc3c([2H])c([2H])c([2H])c([2H])c3c2c1[2H]. The Bertz CT molecular complexity index is 4630. The lowest BCUT2D eigenvalue weighted by Gasteiger charge is -2.46. The van der Waals surface area contributed by atoms with E-state index in [4.69, 9.17) is 5.48 Å². The lowest BCUT2D eigenvalue weighted by Crippen LogP contribution is -2.62. The fourth-order valence-electron chi connectivity index (χ4n) is 8.79. The first-order valence-electron chi connectivity index (χ1n) is 30.0. The van der Waals surface area contributed by atoms with E-state index in [2.05, 4.69) is 0 Å². The summed E-state index contributed by atoms with van der Waals surface area (Å²) in [5.41, 5.74) is -6.25. The Morgan fingerprint density at radius 2 is 1.23 bits per heavy atom. The summed E-state index contributed by atoms with van der Waals surface area (Å²) in [4.78, 5) is 2.44. The van der Waals surface area contributed by atoms with Gasteiger partial charge in [-0.15, -0.1) is 11.3 Å². The molecule has 3 aliphatic rings. The summed E-state index contributed by atoms with van der Waals surface area (Å²) in [5.74, 6) is 0. The highest BCUT2D eigenvalue weighted by atomic mass is 32.1. The van der Waals surface area contributed by atoms with Crippen LogP contribution in [0, 0.1) is 11.3 Å². The summed E-state index contributed by atoms with van der Waals surface area (Å²) < 4.78 is 196. The molecular formula is C55H47BN4S. The van der Waals surface area contributed by atoms with Crippen LogP contribution in [0.3, 0.4) is 0 Å². The molecule has 61 heavy (non-hydrogen) atoms. The largest absolute Gasteiger partial charge is 0.311 e. The van der Waals surface area contributed by atoms with Crippen molar-refractivity contribution < 1.29 is 27.4 Å². The second kappa shape index (κ2) is 12.0. The molecule has 0 radical (unpaired) electrons. The molecule has 0 bridgehead atoms. The quantitative estimate of drug-likeness (QED) is 0.155. The highest BCUT2D eigenvalue weighted by Gasteiger charge is 2.47. The molecule has 2 aromatic heterocycles. The van der Waals surface area contributed by atoms with E-state index in [1.165, 1.54) is 9.47 Å². The average Bonchev–Trinajstić information content (AvgIpc) is 2.17. The van der Waals surface area contributed by atoms with Gasteiger partial charge in [-0.25, -0.2) is 0 Å². The minimum absolute atomic E-state index is 0.0101. The van der Waals surface area contributed by atoms with Crippen LogP contribution in [-0.4, -0.2) is 11.3 Å². The number of hydrogen-bond donors (Lipinski definition) is 0. The van der Waals surface area contributed by atoms with E-state index in [1.54, 1.807) is 62.3 Å². The van der Waals surface area contributed by atoms with Gasteiger partial charge >= 0.3 is 0 Å². The molecule has 5 heterocycles. The highest BCUT2D eigenvalue weighted by molar-refractivity contribution is 7.25. The maximum absolute atomic E-state index is 11.3. The van der Waals surface area contributed by atoms with Crippen LogP contribution in [0.1, 0.15) is 112 Å². The van der Waals surface area contributed by atoms with E-state index >= 15 is 0 Å². The first-order chi connectivity index (χ1) is 37.5. The third-order valence-electron chi connectivity index (χ3n) is 11.8. The standard InChI is InChI=1S/C55H47BN4S/c1-53(2,3)32-17-20-42-37(25-32)39-26-34(55(7,8)9)28-47-51(39)59(42)44-15-12-14-40-52(44)60(47)46-24-31(30-57)23-45-50(46)56(40)41-27-33(54(4,5)6)18-21-43(41)58(45)35-19-22-49-38(29-35)36-13-10-11-16-48(36)61-49/h10-29H,1-9H3/i10D,11D,12D,13D,14D,15D,16D,17D,18D,19D,20D,21D,22D,23D,24D,25D,26D,27D,28D,29D. The van der Waals surface area contributed by atoms with Crippen LogP contribution in [-0.2, 0) is 16.2 Å². The Morgan fingerprint density at radius 3 is 1.98 bits per heavy atom. The van der Waals surface area contributed by atoms with Crippen molar-refractivity contribution in [2.45, 2.75) is 78.6 Å². The number of benzene rings is 7. The summed E-state index contributed by atoms with van der Waals surface area (Å²) in [5, 5.41) is 11.0. The van der Waals surface area contributed by atoms with Gasteiger partial charge in [0.15, 0.2) is 0 Å². The molecule has 0 fully saturated rings. The van der Waals surface area contributed by atoms with Gasteiger partial charge in [0.2, 0.25) is 0 Å². The van der Waals surface area contributed by atoms with E-state index in [0.29, 0.717) is 0 Å². The number of rotatable bonds is 1. The summed E-state index contributed by atoms with van der Waals surface area (Å²) in [6.07, 6.45) is 0. The fourth-order valence-corrected chi connectivity index (χ4v) is 9.70. The second-order valence-corrected chi connectivity index (χ2v) is 20.0. The molecule has 0 saturated carbocycles. The molecule has 6 heteroatoms. The molecule has 4 nitrogen and oxygen atoms in total. The van der Waals surface area contributed by atoms with E-state index in [9.17, 15) is 27.2 Å². The van der Waals surface area contributed by atoms with Gasteiger partial charge in [0.25, 0.3) is 6.71 Å². The molecular weight excluding hydrogens is 760 g/mol. The zero-order valence-electron chi connectivity index (χ0n) is 54.8. The van der Waals surface area contributed by atoms with Gasteiger partial charge < -0.3 is 14.4 Å². The molecule has 296 valence electrons. The van der Waals surface area contributed by atoms with Crippen molar-refractivity contribution in [3.05, 3.63) is 143 Å². The number of fused-ring (bicyclic) bond motifs is 12. The van der Waals surface area contributed by atoms with Gasteiger partial charge in [-0.1, -0.05) is 111 Å². The van der Waals surface area contributed by atoms with Crippen molar-refractivity contribution in [3.8, 4) is 11.8 Å². The smallest absolute Gasteiger partial charge is 0.252 e. The molecule has 0 saturated heterocycles. The Hall–Kier alpha value is -6.29. The number of aromatic nitrogens is 1. The molecule has 0 spiro atoms. The predicted octanol–water partition coefficient (Wildman–Crippen LogP) is 13.3. The topological polar surface area (TPSA) is 35.2 Å². The van der Waals surface area contributed by atoms with Crippen molar-refractivity contribution in [3.63, 3.8) is 0 Å². The van der Waals surface area contributed by atoms with E-state index < -0.39 is 142 Å². The maximum Gasteiger partial charge on any atom is 0.252 e. The van der Waals surface area contributed by atoms with Crippen LogP contribution < -0.4 is 26.2 Å². The molecule has 3 aliphatic heterocycles. The molecule has 7 aromatic carbocycles. The van der Waals surface area contributed by atoms with E-state index in [1.807, 2.05) is 6.07 Å². The molecule has 0 unspecified atom stereocenters. The van der Waals surface area contributed by atoms with Gasteiger partial charge in [-0.2, -0.15) is 5.26 Å². The highest BCUT2D eigenvalue weighted by Crippen LogP contribution is 2.54. The third kappa shape index (κ3) is 4.99. The Labute approximate surface area is 390 Å². The molecule has 0 N–H and O–H groups in total. The van der Waals surface area contributed by atoms with Gasteiger partial charge in [0.05, 0.1) is 67.1 Å². The number of nitriles is 1. The van der Waals surface area contributed by atoms with Crippen molar-refractivity contribution in [1.29, 1.82) is 5.26 Å². The van der Waals surface area contributed by atoms with Crippen LogP contribution >= 0.6 is 11.3 Å². The van der Waals surface area contributed by atoms with Crippen LogP contribution in [0.15, 0.2) is 121 Å². The summed E-state index contributed by atoms with van der Waals surface area (Å²) in [6.45, 7) is 14.2. The summed E-state index contributed by atoms with van der Waals surface area (Å²) in [7, 11) is 0. The van der Waals surface area contributed by atoms with Gasteiger partial charge in [-0.3, -0.25) is 0 Å². The minimum atomic E-state index is -1.65. The summed E-state index contributed by atoms with van der Waals surface area (Å²) in [6, 6.07) is -8.53. The van der Waals surface area contributed by atoms with Crippen molar-refractivity contribution in [2.75, 3.05) is 9.80 Å². The third-order valence-corrected chi connectivity index (χ3v) is 12.8. The Morgan fingerprint density at radius 1 is 0.541 bits per heavy atom. The number of anilines is 6. The normalized spacial score (nSPS) is 18.8. The number of thiophene rings is 1. The Balaban J connectivity index is 1.40. The lowest BCUT2D eigenvalue weighted by atomic mass is 9.33. The summed E-state index contributed by atoms with van der Waals surface area (Å²) >= 11 is 0.770.